The molecular formula is C23H23N7O5S2. The third kappa shape index (κ3) is 4.11. The van der Waals surface area contributed by atoms with Gasteiger partial charge in [-0.3, -0.25) is 14.5 Å². The Morgan fingerprint density at radius 2 is 2.14 bits per heavy atom. The van der Waals surface area contributed by atoms with Crippen LogP contribution in [0.25, 0.3) is 10.9 Å². The summed E-state index contributed by atoms with van der Waals surface area (Å²) in [6.07, 6.45) is 0. The van der Waals surface area contributed by atoms with Gasteiger partial charge in [0.15, 0.2) is 17.9 Å². The topological polar surface area (TPSA) is 159 Å². The first-order valence-electron chi connectivity index (χ1n) is 11.2. The molecule has 0 radical (unpaired) electrons. The molecule has 1 saturated heterocycles. The van der Waals surface area contributed by atoms with Gasteiger partial charge in [-0.05, 0) is 18.6 Å². The van der Waals surface area contributed by atoms with Gasteiger partial charge in [0.2, 0.25) is 5.52 Å². The van der Waals surface area contributed by atoms with Crippen molar-refractivity contribution < 1.29 is 29.0 Å². The zero-order valence-corrected chi connectivity index (χ0v) is 21.8. The molecule has 0 spiro atoms. The molecule has 0 saturated carbocycles. The Labute approximate surface area is 219 Å². The van der Waals surface area contributed by atoms with Gasteiger partial charge in [0.1, 0.15) is 30.8 Å². The molecule has 0 aliphatic carbocycles. The van der Waals surface area contributed by atoms with E-state index < -0.39 is 29.2 Å². The number of carboxylic acid groups (broad SMARTS) is 1. The number of thiazole rings is 1. The minimum atomic E-state index is -1.44. The van der Waals surface area contributed by atoms with Gasteiger partial charge in [-0.15, -0.1) is 27.8 Å². The van der Waals surface area contributed by atoms with Crippen LogP contribution in [0, 0.1) is 6.92 Å². The van der Waals surface area contributed by atoms with Gasteiger partial charge >= 0.3 is 0 Å². The number of para-hydroxylation sites is 1. The molecule has 1 fully saturated rings. The van der Waals surface area contributed by atoms with Crippen LogP contribution in [0.5, 0.6) is 0 Å². The number of amides is 2. The number of aliphatic carboxylic acids is 1. The van der Waals surface area contributed by atoms with Gasteiger partial charge in [-0.25, -0.2) is 4.98 Å². The van der Waals surface area contributed by atoms with Crippen LogP contribution in [0.4, 0.5) is 5.13 Å². The van der Waals surface area contributed by atoms with Crippen LogP contribution in [-0.4, -0.2) is 62.3 Å². The van der Waals surface area contributed by atoms with Crippen LogP contribution in [-0.2, 0) is 32.8 Å². The van der Waals surface area contributed by atoms with Crippen molar-refractivity contribution in [1.82, 2.24) is 19.9 Å². The molecule has 192 valence electrons. The molecule has 0 unspecified atom stereocenters. The molecule has 5 rings (SSSR count). The van der Waals surface area contributed by atoms with Crippen molar-refractivity contribution in [2.45, 2.75) is 24.9 Å². The molecule has 2 atom stereocenters. The Morgan fingerprint density at radius 1 is 1.38 bits per heavy atom. The largest absolute Gasteiger partial charge is 0.543 e. The number of oxime groups is 1. The van der Waals surface area contributed by atoms with Crippen molar-refractivity contribution in [3.05, 3.63) is 52.3 Å². The van der Waals surface area contributed by atoms with E-state index in [1.54, 1.807) is 5.38 Å². The standard InChI is InChI=1S/C23H23N7O5S2/c1-11-13-6-4-5-7-15(13)28(2)29(11)8-12-9-36-21-17(20(32)30(21)18(12)22(33)34)26-19(31)16(27-35-3)14-10-37-23(24)25-14/h4-7,10,17,21H,8-9H2,1-3H3,(H3-,24,25,26,31,33,34)/b27-16-/t17-,21-/m1/s1. The molecule has 2 aliphatic heterocycles. The highest BCUT2D eigenvalue weighted by atomic mass is 32.2. The second-order valence-electron chi connectivity index (χ2n) is 8.48. The van der Waals surface area contributed by atoms with E-state index in [-0.39, 0.29) is 28.8 Å². The van der Waals surface area contributed by atoms with Gasteiger partial charge < -0.3 is 25.8 Å². The molecule has 2 amide bonds. The fourth-order valence-electron chi connectivity index (χ4n) is 4.66. The number of β-lactam (4-membered cyclic amide) rings is 1. The van der Waals surface area contributed by atoms with E-state index in [9.17, 15) is 19.5 Å². The van der Waals surface area contributed by atoms with Crippen LogP contribution in [0.1, 0.15) is 11.4 Å². The molecular weight excluding hydrogens is 518 g/mol. The number of anilines is 1. The minimum Gasteiger partial charge on any atom is -0.543 e. The summed E-state index contributed by atoms with van der Waals surface area (Å²) in [5.74, 6) is -2.32. The predicted molar refractivity (Wildman–Crippen MR) is 135 cm³/mol. The smallest absolute Gasteiger partial charge is 0.276 e. The molecule has 2 aromatic heterocycles. The summed E-state index contributed by atoms with van der Waals surface area (Å²) < 4.78 is 3.94. The molecule has 37 heavy (non-hydrogen) atoms. The third-order valence-electron chi connectivity index (χ3n) is 6.42. The van der Waals surface area contributed by atoms with Gasteiger partial charge in [0.05, 0.1) is 22.7 Å². The van der Waals surface area contributed by atoms with E-state index in [1.807, 2.05) is 47.6 Å². The maximum atomic E-state index is 13.1. The Bertz CT molecular complexity index is 1470. The van der Waals surface area contributed by atoms with Gasteiger partial charge in [0.25, 0.3) is 11.8 Å². The highest BCUT2D eigenvalue weighted by Crippen LogP contribution is 2.40. The number of nitrogens with one attached hydrogen (secondary N) is 1. The quantitative estimate of drug-likeness (QED) is 0.171. The molecule has 3 N–H and O–H groups in total. The molecule has 0 bridgehead atoms. The molecule has 1 aromatic carbocycles. The summed E-state index contributed by atoms with van der Waals surface area (Å²) in [5.41, 5.74) is 8.11. The Balaban J connectivity index is 1.40. The maximum absolute atomic E-state index is 13.1. The average molecular weight is 542 g/mol. The van der Waals surface area contributed by atoms with E-state index in [1.165, 1.54) is 23.8 Å². The second-order valence-corrected chi connectivity index (χ2v) is 10.5. The van der Waals surface area contributed by atoms with E-state index in [2.05, 4.69) is 15.5 Å². The van der Waals surface area contributed by atoms with Crippen LogP contribution < -0.4 is 20.8 Å². The van der Waals surface area contributed by atoms with Crippen molar-refractivity contribution in [3.63, 3.8) is 0 Å². The SMILES string of the molecule is CO/N=C(\C(=O)N[C@@H]1C(=O)N2C(C(=O)[O-])=C(Cn3c(C)c4ccccc4[n+]3C)CS[C@H]12)c1csc(N)n1. The van der Waals surface area contributed by atoms with Crippen molar-refractivity contribution in [2.24, 2.45) is 12.2 Å². The number of fused-ring (bicyclic) bond motifs is 2. The summed E-state index contributed by atoms with van der Waals surface area (Å²) in [4.78, 5) is 48.2. The highest BCUT2D eigenvalue weighted by Gasteiger charge is 2.53. The number of nitrogens with zero attached hydrogens (tertiary/aromatic N) is 5. The number of hydrogen-bond acceptors (Lipinski definition) is 10. The summed E-state index contributed by atoms with van der Waals surface area (Å²) in [5, 5.41) is 20.8. The Hall–Kier alpha value is -3.91. The number of carbonyl (C=O) groups is 3. The van der Waals surface area contributed by atoms with Crippen molar-refractivity contribution in [1.29, 1.82) is 0 Å². The molecule has 4 heterocycles. The number of carboxylic acids is 1. The van der Waals surface area contributed by atoms with E-state index in [4.69, 9.17) is 10.6 Å². The average Bonchev–Trinajstić information content (AvgIpc) is 3.42. The highest BCUT2D eigenvalue weighted by molar-refractivity contribution is 8.00. The summed E-state index contributed by atoms with van der Waals surface area (Å²) in [7, 11) is 3.19. The molecule has 12 nitrogen and oxygen atoms in total. The summed E-state index contributed by atoms with van der Waals surface area (Å²) in [6.45, 7) is 2.24. The number of carbonyl (C=O) groups excluding carboxylic acids is 3. The van der Waals surface area contributed by atoms with Gasteiger partial charge in [-0.2, -0.15) is 4.68 Å². The monoisotopic (exact) mass is 541 g/mol. The third-order valence-corrected chi connectivity index (χ3v) is 8.44. The minimum absolute atomic E-state index is 0.137. The molecule has 2 aliphatic rings. The first-order valence-corrected chi connectivity index (χ1v) is 13.1. The number of aromatic nitrogens is 3. The number of nitrogen functional groups attached to an aromatic ring is 1. The lowest BCUT2D eigenvalue weighted by molar-refractivity contribution is -0.730. The zero-order valence-electron chi connectivity index (χ0n) is 20.1. The lowest BCUT2D eigenvalue weighted by Gasteiger charge is -2.50. The first-order chi connectivity index (χ1) is 17.7. The first kappa shape index (κ1) is 24.8. The van der Waals surface area contributed by atoms with Crippen LogP contribution in [0.15, 0.2) is 46.1 Å². The maximum Gasteiger partial charge on any atom is 0.276 e. The van der Waals surface area contributed by atoms with E-state index >= 15 is 0 Å². The van der Waals surface area contributed by atoms with E-state index in [0.717, 1.165) is 27.9 Å². The van der Waals surface area contributed by atoms with Crippen molar-refractivity contribution in [2.75, 3.05) is 18.6 Å². The number of aryl methyl sites for hydroxylation is 2. The molecule has 14 heteroatoms. The summed E-state index contributed by atoms with van der Waals surface area (Å²) >= 11 is 2.50. The van der Waals surface area contributed by atoms with Crippen molar-refractivity contribution in [3.8, 4) is 0 Å². The zero-order chi connectivity index (χ0) is 26.4. The number of hydrogen-bond donors (Lipinski definition) is 2. The Morgan fingerprint density at radius 3 is 2.78 bits per heavy atom. The fraction of sp³-hybridized carbons (Fsp3) is 0.304. The normalized spacial score (nSPS) is 19.6. The van der Waals surface area contributed by atoms with Crippen molar-refractivity contribution >= 4 is 62.6 Å². The summed E-state index contributed by atoms with van der Waals surface area (Å²) in [6, 6.07) is 6.95. The fourth-order valence-corrected chi connectivity index (χ4v) is 6.54. The van der Waals surface area contributed by atoms with Crippen LogP contribution in [0.2, 0.25) is 0 Å². The number of rotatable bonds is 7. The van der Waals surface area contributed by atoms with Gasteiger partial charge in [-0.1, -0.05) is 17.3 Å². The Kier molecular flexibility index (Phi) is 6.37. The van der Waals surface area contributed by atoms with E-state index in [0.29, 0.717) is 11.3 Å². The van der Waals surface area contributed by atoms with Crippen LogP contribution in [0.3, 0.4) is 0 Å². The predicted octanol–water partition coefficient (Wildman–Crippen LogP) is -0.732. The number of nitrogens with two attached hydrogens (primary N) is 1. The second kappa shape index (κ2) is 9.52. The van der Waals surface area contributed by atoms with Gasteiger partial charge in [0, 0.05) is 17.2 Å². The lowest BCUT2D eigenvalue weighted by atomic mass is 10.0. The number of thioether (sulfide) groups is 1. The lowest BCUT2D eigenvalue weighted by Crippen LogP contribution is -2.71. The molecule has 3 aromatic rings. The number of benzene rings is 1. The van der Waals surface area contributed by atoms with Crippen LogP contribution >= 0.6 is 23.1 Å².